The highest BCUT2D eigenvalue weighted by atomic mass is 19.1. The molecule has 5 nitrogen and oxygen atoms in total. The van der Waals surface area contributed by atoms with Crippen molar-refractivity contribution in [1.82, 2.24) is 10.1 Å². The van der Waals surface area contributed by atoms with Crippen molar-refractivity contribution < 1.29 is 13.7 Å². The van der Waals surface area contributed by atoms with Crippen LogP contribution in [0.5, 0.6) is 0 Å². The van der Waals surface area contributed by atoms with Crippen molar-refractivity contribution in [3.05, 3.63) is 59.1 Å². The second-order valence-corrected chi connectivity index (χ2v) is 7.79. The summed E-state index contributed by atoms with van der Waals surface area (Å²) in [5, 5.41) is 7.84. The lowest BCUT2D eigenvalue weighted by molar-refractivity contribution is -0.115. The molecule has 0 saturated carbocycles. The summed E-state index contributed by atoms with van der Waals surface area (Å²) in [6, 6.07) is 10.9. The summed E-state index contributed by atoms with van der Waals surface area (Å²) in [4.78, 5) is 14.0. The van der Waals surface area contributed by atoms with E-state index in [-0.39, 0.29) is 11.7 Å². The number of hydrogen-bond acceptors (Lipinski definition) is 4. The quantitative estimate of drug-likeness (QED) is 0.747. The van der Waals surface area contributed by atoms with Crippen LogP contribution in [0.2, 0.25) is 0 Å². The average Bonchev–Trinajstić information content (AvgIpc) is 3.28. The summed E-state index contributed by atoms with van der Waals surface area (Å²) < 4.78 is 18.9. The van der Waals surface area contributed by atoms with Gasteiger partial charge in [-0.3, -0.25) is 4.79 Å². The minimum Gasteiger partial charge on any atom is -0.360 e. The fourth-order valence-electron chi connectivity index (χ4n) is 4.37. The van der Waals surface area contributed by atoms with E-state index in [0.717, 1.165) is 61.3 Å². The van der Waals surface area contributed by atoms with Gasteiger partial charge < -0.3 is 14.7 Å². The molecule has 0 atom stereocenters. The lowest BCUT2D eigenvalue weighted by atomic mass is 9.92. The highest BCUT2D eigenvalue weighted by molar-refractivity contribution is 5.99. The first kappa shape index (κ1) is 17.4. The highest BCUT2D eigenvalue weighted by Gasteiger charge is 2.25. The maximum Gasteiger partial charge on any atom is 0.228 e. The van der Waals surface area contributed by atoms with E-state index in [1.165, 1.54) is 17.7 Å². The number of likely N-dealkylation sites (tertiary alicyclic amines) is 1. The van der Waals surface area contributed by atoms with Crippen LogP contribution in [-0.4, -0.2) is 35.6 Å². The number of amides is 1. The lowest BCUT2D eigenvalue weighted by Crippen LogP contribution is -2.34. The first-order chi connectivity index (χ1) is 13.7. The van der Waals surface area contributed by atoms with Crippen LogP contribution in [0.1, 0.15) is 35.6 Å². The van der Waals surface area contributed by atoms with E-state index < -0.39 is 0 Å². The molecule has 3 aromatic rings. The van der Waals surface area contributed by atoms with E-state index in [1.54, 1.807) is 6.07 Å². The Morgan fingerprint density at radius 1 is 1.18 bits per heavy atom. The van der Waals surface area contributed by atoms with Crippen molar-refractivity contribution in [2.75, 3.05) is 25.0 Å². The number of nitrogens with one attached hydrogen (secondary N) is 1. The molecule has 0 bridgehead atoms. The van der Waals surface area contributed by atoms with Crippen LogP contribution in [-0.2, 0) is 17.6 Å². The number of anilines is 1. The molecular formula is C22H22FN3O2. The standard InChI is InChI=1S/C22H22FN3O2/c23-17-2-3-18-20(13-17)25-28-22(18)15-6-9-26(10-7-15)8-5-14-1-4-19-16(11-14)12-21(27)24-19/h1-4,11,13,15H,5-10,12H2,(H,24,27). The molecule has 0 radical (unpaired) electrons. The third kappa shape index (κ3) is 3.29. The van der Waals surface area contributed by atoms with Gasteiger partial charge >= 0.3 is 0 Å². The number of rotatable bonds is 4. The molecule has 0 aliphatic carbocycles. The van der Waals surface area contributed by atoms with Crippen molar-refractivity contribution in [3.8, 4) is 0 Å². The highest BCUT2D eigenvalue weighted by Crippen LogP contribution is 2.33. The predicted octanol–water partition coefficient (Wildman–Crippen LogP) is 3.88. The summed E-state index contributed by atoms with van der Waals surface area (Å²) in [6.45, 7) is 3.04. The largest absolute Gasteiger partial charge is 0.360 e. The lowest BCUT2D eigenvalue weighted by Gasteiger charge is -2.31. The summed E-state index contributed by atoms with van der Waals surface area (Å²) in [7, 11) is 0. The van der Waals surface area contributed by atoms with E-state index in [2.05, 4.69) is 27.5 Å². The first-order valence-corrected chi connectivity index (χ1v) is 9.84. The van der Waals surface area contributed by atoms with Gasteiger partial charge in [0.15, 0.2) is 0 Å². The Morgan fingerprint density at radius 3 is 2.89 bits per heavy atom. The zero-order valence-electron chi connectivity index (χ0n) is 15.6. The molecule has 1 saturated heterocycles. The van der Waals surface area contributed by atoms with Crippen LogP contribution < -0.4 is 5.32 Å². The summed E-state index contributed by atoms with van der Waals surface area (Å²) in [6.07, 6.45) is 3.51. The fraction of sp³-hybridized carbons (Fsp3) is 0.364. The van der Waals surface area contributed by atoms with Gasteiger partial charge in [0.05, 0.1) is 6.42 Å². The van der Waals surface area contributed by atoms with Crippen molar-refractivity contribution >= 4 is 22.5 Å². The van der Waals surface area contributed by atoms with E-state index in [0.29, 0.717) is 17.9 Å². The molecule has 6 heteroatoms. The van der Waals surface area contributed by atoms with Crippen molar-refractivity contribution in [1.29, 1.82) is 0 Å². The molecule has 3 heterocycles. The number of nitrogens with zero attached hydrogens (tertiary/aromatic N) is 2. The first-order valence-electron chi connectivity index (χ1n) is 9.84. The van der Waals surface area contributed by atoms with Crippen LogP contribution in [0.25, 0.3) is 10.9 Å². The van der Waals surface area contributed by atoms with Gasteiger partial charge in [0.2, 0.25) is 5.91 Å². The second-order valence-electron chi connectivity index (χ2n) is 7.79. The van der Waals surface area contributed by atoms with Crippen LogP contribution in [0, 0.1) is 5.82 Å². The Bertz CT molecular complexity index is 1040. The Kier molecular flexibility index (Phi) is 4.36. The monoisotopic (exact) mass is 379 g/mol. The number of carbonyl (C=O) groups excluding carboxylic acids is 1. The molecule has 144 valence electrons. The van der Waals surface area contributed by atoms with E-state index in [9.17, 15) is 9.18 Å². The molecule has 2 aliphatic heterocycles. The van der Waals surface area contributed by atoms with Gasteiger partial charge in [-0.1, -0.05) is 17.3 Å². The zero-order chi connectivity index (χ0) is 19.1. The smallest absolute Gasteiger partial charge is 0.228 e. The van der Waals surface area contributed by atoms with E-state index in [1.807, 2.05) is 6.07 Å². The molecule has 0 unspecified atom stereocenters. The third-order valence-electron chi connectivity index (χ3n) is 5.94. The van der Waals surface area contributed by atoms with Gasteiger partial charge in [0.1, 0.15) is 17.1 Å². The number of aromatic nitrogens is 1. The molecule has 5 rings (SSSR count). The normalized spacial score (nSPS) is 17.8. The van der Waals surface area contributed by atoms with Crippen LogP contribution >= 0.6 is 0 Å². The Hall–Kier alpha value is -2.73. The van der Waals surface area contributed by atoms with Crippen molar-refractivity contribution in [2.45, 2.75) is 31.6 Å². The van der Waals surface area contributed by atoms with Crippen LogP contribution in [0.4, 0.5) is 10.1 Å². The van der Waals surface area contributed by atoms with E-state index >= 15 is 0 Å². The molecule has 1 N–H and O–H groups in total. The number of carbonyl (C=O) groups is 1. The van der Waals surface area contributed by atoms with Gasteiger partial charge in [-0.15, -0.1) is 0 Å². The topological polar surface area (TPSA) is 58.4 Å². The predicted molar refractivity (Wildman–Crippen MR) is 105 cm³/mol. The third-order valence-corrected chi connectivity index (χ3v) is 5.94. The van der Waals surface area contributed by atoms with Gasteiger partial charge in [-0.25, -0.2) is 4.39 Å². The Morgan fingerprint density at radius 2 is 2.04 bits per heavy atom. The molecule has 1 amide bonds. The van der Waals surface area contributed by atoms with E-state index in [4.69, 9.17) is 4.52 Å². The average molecular weight is 379 g/mol. The zero-order valence-corrected chi connectivity index (χ0v) is 15.6. The number of piperidine rings is 1. The second kappa shape index (κ2) is 7.02. The molecule has 28 heavy (non-hydrogen) atoms. The van der Waals surface area contributed by atoms with Gasteiger partial charge in [-0.2, -0.15) is 0 Å². The minimum absolute atomic E-state index is 0.0805. The van der Waals surface area contributed by atoms with Gasteiger partial charge in [0.25, 0.3) is 0 Å². The molecule has 1 fully saturated rings. The Balaban J connectivity index is 1.18. The molecule has 2 aliphatic rings. The maximum atomic E-state index is 13.3. The van der Waals surface area contributed by atoms with Gasteiger partial charge in [-0.05, 0) is 61.7 Å². The molecule has 2 aromatic carbocycles. The number of halogens is 1. The SMILES string of the molecule is O=C1Cc2cc(CCN3CCC(c4onc5cc(F)ccc45)CC3)ccc2N1. The molecular weight excluding hydrogens is 357 g/mol. The maximum absolute atomic E-state index is 13.3. The minimum atomic E-state index is -0.283. The molecule has 0 spiro atoms. The van der Waals surface area contributed by atoms with Crippen LogP contribution in [0.15, 0.2) is 40.9 Å². The number of fused-ring (bicyclic) bond motifs is 2. The summed E-state index contributed by atoms with van der Waals surface area (Å²) in [5.74, 6) is 1.03. The summed E-state index contributed by atoms with van der Waals surface area (Å²) >= 11 is 0. The number of benzene rings is 2. The number of hydrogen-bond donors (Lipinski definition) is 1. The van der Waals surface area contributed by atoms with Crippen molar-refractivity contribution in [2.24, 2.45) is 0 Å². The summed E-state index contributed by atoms with van der Waals surface area (Å²) in [5.41, 5.74) is 3.94. The van der Waals surface area contributed by atoms with Crippen molar-refractivity contribution in [3.63, 3.8) is 0 Å². The molecule has 1 aromatic heterocycles. The fourth-order valence-corrected chi connectivity index (χ4v) is 4.37. The Labute approximate surface area is 162 Å². The van der Waals surface area contributed by atoms with Crippen LogP contribution in [0.3, 0.4) is 0 Å². The van der Waals surface area contributed by atoms with Gasteiger partial charge in [0, 0.05) is 29.6 Å².